The Morgan fingerprint density at radius 3 is 2.67 bits per heavy atom. The molecule has 0 aromatic heterocycles. The first kappa shape index (κ1) is 13.1. The van der Waals surface area contributed by atoms with Crippen molar-refractivity contribution >= 4 is 12.0 Å². The predicted molar refractivity (Wildman–Crippen MR) is 66.2 cm³/mol. The summed E-state index contributed by atoms with van der Waals surface area (Å²) in [6.07, 6.45) is 0. The summed E-state index contributed by atoms with van der Waals surface area (Å²) in [6.45, 7) is 7.84. The van der Waals surface area contributed by atoms with Crippen LogP contribution in [0.25, 0.3) is 0 Å². The molecule has 0 aromatic carbocycles. The van der Waals surface area contributed by atoms with E-state index in [1.54, 1.807) is 4.90 Å². The fraction of sp³-hybridized carbons (Fsp3) is 0.833. The van der Waals surface area contributed by atoms with Crippen molar-refractivity contribution in [2.45, 2.75) is 38.4 Å². The van der Waals surface area contributed by atoms with Crippen LogP contribution in [0.2, 0.25) is 0 Å². The second-order valence-electron chi connectivity index (χ2n) is 5.78. The Hall–Kier alpha value is -1.30. The molecule has 0 aliphatic carbocycles. The standard InChI is InChI=1S/C12H21N3O3/c1-12(2,3)15-7-8-9(10(16)18-4)13-5-6-14(8)11(15)17/h8-9,13H,5-7H2,1-4H3. The third kappa shape index (κ3) is 2.05. The number of carbonyl (C=O) groups is 2. The molecule has 18 heavy (non-hydrogen) atoms. The van der Waals surface area contributed by atoms with Crippen LogP contribution in [0.1, 0.15) is 20.8 Å². The Kier molecular flexibility index (Phi) is 3.23. The molecule has 102 valence electrons. The Bertz CT molecular complexity index is 364. The summed E-state index contributed by atoms with van der Waals surface area (Å²) in [7, 11) is 1.38. The minimum atomic E-state index is -0.417. The van der Waals surface area contributed by atoms with Crippen molar-refractivity contribution in [2.24, 2.45) is 0 Å². The molecule has 0 aromatic rings. The average molecular weight is 255 g/mol. The number of hydrogen-bond donors (Lipinski definition) is 1. The predicted octanol–water partition coefficient (Wildman–Crippen LogP) is 0.0359. The number of piperazine rings is 1. The summed E-state index contributed by atoms with van der Waals surface area (Å²) in [5, 5.41) is 3.14. The van der Waals surface area contributed by atoms with Crippen LogP contribution in [0.3, 0.4) is 0 Å². The Balaban J connectivity index is 2.21. The normalized spacial score (nSPS) is 28.3. The molecule has 2 saturated heterocycles. The van der Waals surface area contributed by atoms with Crippen LogP contribution in [-0.2, 0) is 9.53 Å². The van der Waals surface area contributed by atoms with Crippen molar-refractivity contribution in [3.63, 3.8) is 0 Å². The zero-order chi connectivity index (χ0) is 13.5. The summed E-state index contributed by atoms with van der Waals surface area (Å²) >= 11 is 0. The van der Waals surface area contributed by atoms with Gasteiger partial charge in [0.25, 0.3) is 0 Å². The number of urea groups is 1. The first-order chi connectivity index (χ1) is 8.36. The van der Waals surface area contributed by atoms with Gasteiger partial charge in [-0.25, -0.2) is 4.79 Å². The van der Waals surface area contributed by atoms with Crippen LogP contribution in [0, 0.1) is 0 Å². The molecule has 2 rings (SSSR count). The molecule has 6 nitrogen and oxygen atoms in total. The van der Waals surface area contributed by atoms with Gasteiger partial charge in [-0.1, -0.05) is 0 Å². The van der Waals surface area contributed by atoms with E-state index < -0.39 is 6.04 Å². The van der Waals surface area contributed by atoms with Crippen LogP contribution in [0.15, 0.2) is 0 Å². The molecule has 0 bridgehead atoms. The number of esters is 1. The van der Waals surface area contributed by atoms with Crippen LogP contribution >= 0.6 is 0 Å². The topological polar surface area (TPSA) is 61.9 Å². The van der Waals surface area contributed by atoms with Gasteiger partial charge < -0.3 is 19.9 Å². The van der Waals surface area contributed by atoms with Crippen molar-refractivity contribution in [1.82, 2.24) is 15.1 Å². The minimum absolute atomic E-state index is 0.0166. The number of ether oxygens (including phenoxy) is 1. The van der Waals surface area contributed by atoms with Crippen LogP contribution in [0.5, 0.6) is 0 Å². The van der Waals surface area contributed by atoms with Gasteiger partial charge in [-0.2, -0.15) is 0 Å². The molecule has 2 unspecified atom stereocenters. The number of carbonyl (C=O) groups excluding carboxylic acids is 2. The highest BCUT2D eigenvalue weighted by molar-refractivity contribution is 5.83. The second-order valence-corrected chi connectivity index (χ2v) is 5.78. The maximum absolute atomic E-state index is 12.3. The molecular weight excluding hydrogens is 234 g/mol. The number of nitrogens with one attached hydrogen (secondary N) is 1. The van der Waals surface area contributed by atoms with Gasteiger partial charge in [0.2, 0.25) is 0 Å². The first-order valence-corrected chi connectivity index (χ1v) is 6.25. The van der Waals surface area contributed by atoms with Crippen LogP contribution in [-0.4, -0.2) is 66.2 Å². The molecular formula is C12H21N3O3. The molecule has 0 radical (unpaired) electrons. The molecule has 0 saturated carbocycles. The molecule has 0 spiro atoms. The Morgan fingerprint density at radius 2 is 2.11 bits per heavy atom. The van der Waals surface area contributed by atoms with E-state index in [0.29, 0.717) is 19.6 Å². The van der Waals surface area contributed by atoms with Gasteiger partial charge in [0, 0.05) is 25.2 Å². The Morgan fingerprint density at radius 1 is 1.44 bits per heavy atom. The summed E-state index contributed by atoms with van der Waals surface area (Å²) in [6, 6.07) is -0.527. The van der Waals surface area contributed by atoms with Gasteiger partial charge in [-0.05, 0) is 20.8 Å². The fourth-order valence-corrected chi connectivity index (χ4v) is 2.61. The highest BCUT2D eigenvalue weighted by atomic mass is 16.5. The lowest BCUT2D eigenvalue weighted by atomic mass is 10.0. The minimum Gasteiger partial charge on any atom is -0.468 e. The maximum Gasteiger partial charge on any atom is 0.325 e. The molecule has 2 aliphatic heterocycles. The van der Waals surface area contributed by atoms with Gasteiger partial charge in [-0.3, -0.25) is 4.79 Å². The fourth-order valence-electron chi connectivity index (χ4n) is 2.61. The molecule has 2 fully saturated rings. The lowest BCUT2D eigenvalue weighted by molar-refractivity contribution is -0.145. The summed E-state index contributed by atoms with van der Waals surface area (Å²) in [4.78, 5) is 27.6. The van der Waals surface area contributed by atoms with Crippen molar-refractivity contribution in [1.29, 1.82) is 0 Å². The number of nitrogens with zero attached hydrogens (tertiary/aromatic N) is 2. The smallest absolute Gasteiger partial charge is 0.325 e. The van der Waals surface area contributed by atoms with Gasteiger partial charge in [0.05, 0.1) is 13.2 Å². The van der Waals surface area contributed by atoms with E-state index in [2.05, 4.69) is 5.32 Å². The maximum atomic E-state index is 12.3. The lowest BCUT2D eigenvalue weighted by Gasteiger charge is -2.34. The molecule has 2 atom stereocenters. The monoisotopic (exact) mass is 255 g/mol. The van der Waals surface area contributed by atoms with Crippen LogP contribution < -0.4 is 5.32 Å². The number of amides is 2. The van der Waals surface area contributed by atoms with Crippen LogP contribution in [0.4, 0.5) is 4.79 Å². The zero-order valence-electron chi connectivity index (χ0n) is 11.4. The van der Waals surface area contributed by atoms with E-state index in [1.807, 2.05) is 25.7 Å². The highest BCUT2D eigenvalue weighted by Gasteiger charge is 2.49. The summed E-state index contributed by atoms with van der Waals surface area (Å²) in [5.41, 5.74) is -0.227. The second kappa shape index (κ2) is 4.42. The number of hydrogen-bond acceptors (Lipinski definition) is 4. The number of fused-ring (bicyclic) bond motifs is 1. The van der Waals surface area contributed by atoms with E-state index in [4.69, 9.17) is 4.74 Å². The van der Waals surface area contributed by atoms with E-state index in [-0.39, 0.29) is 23.6 Å². The van der Waals surface area contributed by atoms with Crippen molar-refractivity contribution in [3.05, 3.63) is 0 Å². The highest BCUT2D eigenvalue weighted by Crippen LogP contribution is 2.27. The van der Waals surface area contributed by atoms with E-state index in [9.17, 15) is 9.59 Å². The number of methoxy groups -OCH3 is 1. The van der Waals surface area contributed by atoms with Gasteiger partial charge in [-0.15, -0.1) is 0 Å². The molecule has 6 heteroatoms. The van der Waals surface area contributed by atoms with Crippen molar-refractivity contribution in [3.8, 4) is 0 Å². The summed E-state index contributed by atoms with van der Waals surface area (Å²) < 4.78 is 4.80. The quantitative estimate of drug-likeness (QED) is 0.672. The summed E-state index contributed by atoms with van der Waals surface area (Å²) in [5.74, 6) is -0.298. The van der Waals surface area contributed by atoms with Crippen molar-refractivity contribution < 1.29 is 14.3 Å². The van der Waals surface area contributed by atoms with Crippen molar-refractivity contribution in [2.75, 3.05) is 26.7 Å². The molecule has 2 amide bonds. The Labute approximate surface area is 107 Å². The molecule has 1 N–H and O–H groups in total. The lowest BCUT2D eigenvalue weighted by Crippen LogP contribution is -2.60. The average Bonchev–Trinajstić information content (AvgIpc) is 2.66. The van der Waals surface area contributed by atoms with Gasteiger partial charge >= 0.3 is 12.0 Å². The van der Waals surface area contributed by atoms with Gasteiger partial charge in [0.1, 0.15) is 6.04 Å². The van der Waals surface area contributed by atoms with E-state index in [0.717, 1.165) is 0 Å². The van der Waals surface area contributed by atoms with E-state index >= 15 is 0 Å². The third-order valence-corrected chi connectivity index (χ3v) is 3.61. The SMILES string of the molecule is COC(=O)C1NCCN2C(=O)N(C(C)(C)C)CC12. The molecule has 2 heterocycles. The largest absolute Gasteiger partial charge is 0.468 e. The van der Waals surface area contributed by atoms with Gasteiger partial charge in [0.15, 0.2) is 0 Å². The van der Waals surface area contributed by atoms with E-state index in [1.165, 1.54) is 7.11 Å². The first-order valence-electron chi connectivity index (χ1n) is 6.25. The zero-order valence-corrected chi connectivity index (χ0v) is 11.4. The number of rotatable bonds is 1. The third-order valence-electron chi connectivity index (χ3n) is 3.61. The molecule has 2 aliphatic rings.